The van der Waals surface area contributed by atoms with E-state index in [4.69, 9.17) is 16.3 Å². The molecule has 2 N–H and O–H groups in total. The lowest BCUT2D eigenvalue weighted by atomic mass is 10.1. The third kappa shape index (κ3) is 6.63. The van der Waals surface area contributed by atoms with E-state index in [-0.39, 0.29) is 5.69 Å². The van der Waals surface area contributed by atoms with Gasteiger partial charge in [0.05, 0.1) is 11.4 Å². The number of amides is 2. The first kappa shape index (κ1) is 23.4. The predicted octanol–water partition coefficient (Wildman–Crippen LogP) is 5.30. The van der Waals surface area contributed by atoms with Crippen molar-refractivity contribution >= 4 is 50.7 Å². The molecule has 0 spiro atoms. The average Bonchev–Trinajstić information content (AvgIpc) is 2.79. The second kappa shape index (κ2) is 10.9. The van der Waals surface area contributed by atoms with Gasteiger partial charge in [-0.15, -0.1) is 0 Å². The van der Waals surface area contributed by atoms with Crippen LogP contribution in [0.25, 0.3) is 0 Å². The van der Waals surface area contributed by atoms with Crippen LogP contribution in [0.4, 0.5) is 10.1 Å². The number of rotatable bonds is 6. The molecule has 0 aliphatic rings. The monoisotopic (exact) mass is 517 g/mol. The Kier molecular flexibility index (Phi) is 7.97. The zero-order valence-electron chi connectivity index (χ0n) is 16.9. The number of carbonyl (C=O) groups is 2. The summed E-state index contributed by atoms with van der Waals surface area (Å²) in [7, 11) is 0. The summed E-state index contributed by atoms with van der Waals surface area (Å²) in [5.41, 5.74) is 4.24. The summed E-state index contributed by atoms with van der Waals surface area (Å²) in [5.74, 6) is -2.06. The van der Waals surface area contributed by atoms with Crippen LogP contribution in [0.3, 0.4) is 0 Å². The molecule has 0 aliphatic carbocycles. The summed E-state index contributed by atoms with van der Waals surface area (Å²) in [6.07, 6.45) is 0. The van der Waals surface area contributed by atoms with E-state index in [9.17, 15) is 14.0 Å². The number of ether oxygens (including phenoxy) is 1. The molecule has 32 heavy (non-hydrogen) atoms. The van der Waals surface area contributed by atoms with Crippen molar-refractivity contribution in [2.75, 3.05) is 5.32 Å². The largest absolute Gasteiger partial charge is 0.489 e. The van der Waals surface area contributed by atoms with E-state index in [1.54, 1.807) is 49.4 Å². The van der Waals surface area contributed by atoms with Crippen molar-refractivity contribution in [3.63, 3.8) is 0 Å². The highest BCUT2D eigenvalue weighted by atomic mass is 79.9. The van der Waals surface area contributed by atoms with Crippen molar-refractivity contribution in [1.29, 1.82) is 0 Å². The Bertz CT molecular complexity index is 1150. The van der Waals surface area contributed by atoms with Gasteiger partial charge < -0.3 is 10.1 Å². The van der Waals surface area contributed by atoms with Crippen LogP contribution < -0.4 is 15.5 Å². The van der Waals surface area contributed by atoms with E-state index in [1.807, 2.05) is 12.1 Å². The van der Waals surface area contributed by atoms with Gasteiger partial charge in [0, 0.05) is 9.50 Å². The fourth-order valence-electron chi connectivity index (χ4n) is 2.56. The van der Waals surface area contributed by atoms with Gasteiger partial charge >= 0.3 is 11.8 Å². The van der Waals surface area contributed by atoms with Crippen molar-refractivity contribution in [1.82, 2.24) is 5.43 Å². The number of carbonyl (C=O) groups excluding carboxylic acids is 2. The minimum absolute atomic E-state index is 0.108. The summed E-state index contributed by atoms with van der Waals surface area (Å²) in [6, 6.07) is 18.5. The van der Waals surface area contributed by atoms with Gasteiger partial charge in [0.15, 0.2) is 0 Å². The smallest absolute Gasteiger partial charge is 0.329 e. The van der Waals surface area contributed by atoms with Crippen LogP contribution in [0.1, 0.15) is 18.1 Å². The topological polar surface area (TPSA) is 79.8 Å². The Morgan fingerprint density at radius 2 is 1.72 bits per heavy atom. The zero-order chi connectivity index (χ0) is 23.1. The van der Waals surface area contributed by atoms with Crippen LogP contribution in [0.2, 0.25) is 5.02 Å². The third-order valence-electron chi connectivity index (χ3n) is 4.30. The summed E-state index contributed by atoms with van der Waals surface area (Å²) < 4.78 is 20.0. The number of halogens is 3. The van der Waals surface area contributed by atoms with Crippen molar-refractivity contribution in [3.05, 3.63) is 93.2 Å². The maximum atomic E-state index is 13.8. The van der Waals surface area contributed by atoms with Gasteiger partial charge in [-0.1, -0.05) is 39.7 Å². The van der Waals surface area contributed by atoms with Gasteiger partial charge in [-0.25, -0.2) is 9.82 Å². The molecular weight excluding hydrogens is 501 g/mol. The molecule has 3 aromatic carbocycles. The second-order valence-electron chi connectivity index (χ2n) is 6.66. The quantitative estimate of drug-likeness (QED) is 0.264. The highest BCUT2D eigenvalue weighted by Crippen LogP contribution is 2.19. The molecule has 3 aromatic rings. The number of hydrazone groups is 1. The molecule has 0 saturated heterocycles. The number of hydrogen-bond acceptors (Lipinski definition) is 4. The van der Waals surface area contributed by atoms with Crippen LogP contribution in [-0.2, 0) is 16.2 Å². The highest BCUT2D eigenvalue weighted by molar-refractivity contribution is 9.10. The molecule has 0 saturated carbocycles. The predicted molar refractivity (Wildman–Crippen MR) is 125 cm³/mol. The number of hydrogen-bond donors (Lipinski definition) is 2. The molecule has 0 radical (unpaired) electrons. The lowest BCUT2D eigenvalue weighted by molar-refractivity contribution is -0.136. The van der Waals surface area contributed by atoms with Crippen LogP contribution in [-0.4, -0.2) is 17.5 Å². The van der Waals surface area contributed by atoms with Gasteiger partial charge in [0.2, 0.25) is 0 Å². The van der Waals surface area contributed by atoms with Crippen molar-refractivity contribution in [2.45, 2.75) is 13.5 Å². The van der Waals surface area contributed by atoms with E-state index in [0.717, 1.165) is 11.1 Å². The van der Waals surface area contributed by atoms with E-state index in [0.29, 0.717) is 27.6 Å². The average molecular weight is 519 g/mol. The molecule has 0 fully saturated rings. The molecule has 164 valence electrons. The molecule has 0 bridgehead atoms. The second-order valence-corrected chi connectivity index (χ2v) is 8.01. The summed E-state index contributed by atoms with van der Waals surface area (Å²) in [6.45, 7) is 2.07. The van der Waals surface area contributed by atoms with Gasteiger partial charge in [-0.05, 0) is 72.6 Å². The Hall–Kier alpha value is -3.23. The van der Waals surface area contributed by atoms with E-state index >= 15 is 0 Å². The molecule has 0 heterocycles. The first-order valence-electron chi connectivity index (χ1n) is 9.40. The van der Waals surface area contributed by atoms with Crippen molar-refractivity contribution < 1.29 is 18.7 Å². The molecular formula is C23H18BrClFN3O3. The lowest BCUT2D eigenvalue weighted by Gasteiger charge is -2.08. The Labute approximate surface area is 197 Å². The first-order chi connectivity index (χ1) is 15.3. The molecule has 6 nitrogen and oxygen atoms in total. The normalized spacial score (nSPS) is 11.1. The number of nitrogens with one attached hydrogen (secondary N) is 2. The van der Waals surface area contributed by atoms with Crippen molar-refractivity contribution in [3.8, 4) is 5.75 Å². The van der Waals surface area contributed by atoms with E-state index < -0.39 is 17.6 Å². The number of anilines is 1. The van der Waals surface area contributed by atoms with Crippen LogP contribution in [0, 0.1) is 5.82 Å². The minimum atomic E-state index is -1.03. The van der Waals surface area contributed by atoms with Gasteiger partial charge in [-0.3, -0.25) is 9.59 Å². The van der Waals surface area contributed by atoms with Crippen molar-refractivity contribution in [2.24, 2.45) is 5.10 Å². The molecule has 0 unspecified atom stereocenters. The molecule has 0 aromatic heterocycles. The van der Waals surface area contributed by atoms with Gasteiger partial charge in [-0.2, -0.15) is 5.10 Å². The lowest BCUT2D eigenvalue weighted by Crippen LogP contribution is -2.33. The first-order valence-corrected chi connectivity index (χ1v) is 10.6. The van der Waals surface area contributed by atoms with E-state index in [2.05, 4.69) is 31.8 Å². The van der Waals surface area contributed by atoms with Crippen LogP contribution in [0.5, 0.6) is 5.75 Å². The Morgan fingerprint density at radius 1 is 1.03 bits per heavy atom. The fraction of sp³-hybridized carbons (Fsp3) is 0.0870. The highest BCUT2D eigenvalue weighted by Gasteiger charge is 2.15. The number of benzene rings is 3. The van der Waals surface area contributed by atoms with E-state index in [1.165, 1.54) is 12.1 Å². The maximum absolute atomic E-state index is 13.8. The Balaban J connectivity index is 1.53. The Morgan fingerprint density at radius 3 is 2.38 bits per heavy atom. The number of nitrogens with zero attached hydrogens (tertiary/aromatic N) is 1. The van der Waals surface area contributed by atoms with Crippen LogP contribution >= 0.6 is 27.5 Å². The SMILES string of the molecule is CC(=NNC(=O)C(=O)Nc1ccc(Br)cc1F)c1ccc(OCc2ccc(Cl)cc2)cc1. The maximum Gasteiger partial charge on any atom is 0.329 e. The van der Waals surface area contributed by atoms with Gasteiger partial charge in [0.1, 0.15) is 18.2 Å². The summed E-state index contributed by atoms with van der Waals surface area (Å²) in [4.78, 5) is 23.9. The molecule has 2 amide bonds. The van der Waals surface area contributed by atoms with Crippen LogP contribution in [0.15, 0.2) is 76.3 Å². The molecule has 0 atom stereocenters. The molecule has 9 heteroatoms. The molecule has 0 aliphatic heterocycles. The standard InChI is InChI=1S/C23H18BrClFN3O3/c1-14(28-29-23(31)22(30)27-21-11-6-17(24)12-20(21)26)16-4-9-19(10-5-16)32-13-15-2-7-18(25)8-3-15/h2-12H,13H2,1H3,(H,27,30)(H,29,31). The summed E-state index contributed by atoms with van der Waals surface area (Å²) >= 11 is 8.99. The minimum Gasteiger partial charge on any atom is -0.489 e. The zero-order valence-corrected chi connectivity index (χ0v) is 19.2. The fourth-order valence-corrected chi connectivity index (χ4v) is 3.02. The molecule has 3 rings (SSSR count). The third-order valence-corrected chi connectivity index (χ3v) is 5.05. The summed E-state index contributed by atoms with van der Waals surface area (Å²) in [5, 5.41) is 6.79. The van der Waals surface area contributed by atoms with Gasteiger partial charge in [0.25, 0.3) is 0 Å².